The number of rotatable bonds is 2. The summed E-state index contributed by atoms with van der Waals surface area (Å²) in [6.45, 7) is 5.24. The van der Waals surface area contributed by atoms with Gasteiger partial charge in [-0.2, -0.15) is 4.98 Å². The van der Waals surface area contributed by atoms with Crippen LogP contribution in [0.1, 0.15) is 25.1 Å². The van der Waals surface area contributed by atoms with Gasteiger partial charge in [-0.3, -0.25) is 4.90 Å². The van der Waals surface area contributed by atoms with Gasteiger partial charge in [0.05, 0.1) is 12.6 Å². The Balaban J connectivity index is 1.98. The van der Waals surface area contributed by atoms with Gasteiger partial charge in [-0.15, -0.1) is 0 Å². The van der Waals surface area contributed by atoms with Crippen LogP contribution in [0.3, 0.4) is 0 Å². The maximum absolute atomic E-state index is 9.45. The normalized spacial score (nSPS) is 28.5. The van der Waals surface area contributed by atoms with Gasteiger partial charge in [0.2, 0.25) is 5.89 Å². The number of aliphatic hydroxyl groups is 1. The molecule has 0 saturated carbocycles. The van der Waals surface area contributed by atoms with E-state index in [9.17, 15) is 5.11 Å². The number of aryl methyl sites for hydroxylation is 1. The van der Waals surface area contributed by atoms with Crippen molar-refractivity contribution in [1.29, 1.82) is 0 Å². The van der Waals surface area contributed by atoms with Crippen molar-refractivity contribution in [1.82, 2.24) is 15.0 Å². The Hall–Kier alpha value is -0.940. The van der Waals surface area contributed by atoms with Crippen LogP contribution in [0.4, 0.5) is 0 Å². The van der Waals surface area contributed by atoms with Crippen molar-refractivity contribution in [3.8, 4) is 0 Å². The van der Waals surface area contributed by atoms with Crippen molar-refractivity contribution in [2.45, 2.75) is 39.0 Å². The van der Waals surface area contributed by atoms with Crippen LogP contribution in [0.25, 0.3) is 0 Å². The lowest BCUT2D eigenvalue weighted by Crippen LogP contribution is -2.27. The van der Waals surface area contributed by atoms with Crippen LogP contribution < -0.4 is 0 Å². The molecule has 2 atom stereocenters. The second kappa shape index (κ2) is 3.67. The van der Waals surface area contributed by atoms with Crippen LogP contribution in [0.15, 0.2) is 4.52 Å². The Morgan fingerprint density at radius 2 is 2.43 bits per heavy atom. The zero-order valence-corrected chi connectivity index (χ0v) is 8.47. The average Bonchev–Trinajstić information content (AvgIpc) is 2.61. The standard InChI is InChI=1S/C9H15N3O2/c1-6-3-8(13)4-12(6)5-9-10-7(2)14-11-9/h6,8,13H,3-5H2,1-2H3. The van der Waals surface area contributed by atoms with Crippen molar-refractivity contribution in [3.63, 3.8) is 0 Å². The predicted octanol–water partition coefficient (Wildman–Crippen LogP) is 0.333. The van der Waals surface area contributed by atoms with E-state index in [0.717, 1.165) is 6.42 Å². The first-order valence-corrected chi connectivity index (χ1v) is 4.86. The molecule has 2 unspecified atom stereocenters. The summed E-state index contributed by atoms with van der Waals surface area (Å²) in [5.74, 6) is 1.29. The average molecular weight is 197 g/mol. The lowest BCUT2D eigenvalue weighted by atomic mass is 10.2. The van der Waals surface area contributed by atoms with E-state index in [-0.39, 0.29) is 6.10 Å². The summed E-state index contributed by atoms with van der Waals surface area (Å²) >= 11 is 0. The van der Waals surface area contributed by atoms with Crippen LogP contribution in [-0.2, 0) is 6.54 Å². The van der Waals surface area contributed by atoms with Gasteiger partial charge in [-0.25, -0.2) is 0 Å². The van der Waals surface area contributed by atoms with E-state index in [1.165, 1.54) is 0 Å². The number of aromatic nitrogens is 2. The molecule has 5 heteroatoms. The summed E-state index contributed by atoms with van der Waals surface area (Å²) in [5, 5.41) is 13.3. The Bertz CT molecular complexity index is 313. The molecular formula is C9H15N3O2. The third-order valence-electron chi connectivity index (χ3n) is 2.60. The largest absolute Gasteiger partial charge is 0.392 e. The van der Waals surface area contributed by atoms with E-state index < -0.39 is 0 Å². The third kappa shape index (κ3) is 1.93. The molecule has 0 amide bonds. The molecule has 1 fully saturated rings. The molecule has 2 heterocycles. The topological polar surface area (TPSA) is 62.4 Å². The molecule has 1 N–H and O–H groups in total. The minimum absolute atomic E-state index is 0.210. The lowest BCUT2D eigenvalue weighted by molar-refractivity contribution is 0.171. The zero-order valence-electron chi connectivity index (χ0n) is 8.47. The van der Waals surface area contributed by atoms with Gasteiger partial charge in [-0.1, -0.05) is 5.16 Å². The number of likely N-dealkylation sites (tertiary alicyclic amines) is 1. The molecule has 2 rings (SSSR count). The molecule has 0 radical (unpaired) electrons. The number of β-amino-alcohol motifs (C(OH)–C–C–N with tert-alkyl or cyclic N) is 1. The van der Waals surface area contributed by atoms with Gasteiger partial charge in [-0.05, 0) is 13.3 Å². The Kier molecular flexibility index (Phi) is 2.52. The molecule has 5 nitrogen and oxygen atoms in total. The van der Waals surface area contributed by atoms with Crippen molar-refractivity contribution >= 4 is 0 Å². The summed E-state index contributed by atoms with van der Waals surface area (Å²) in [7, 11) is 0. The third-order valence-corrected chi connectivity index (χ3v) is 2.60. The summed E-state index contributed by atoms with van der Waals surface area (Å²) in [5.41, 5.74) is 0. The Morgan fingerprint density at radius 3 is 2.93 bits per heavy atom. The molecule has 1 saturated heterocycles. The van der Waals surface area contributed by atoms with Crippen LogP contribution in [0, 0.1) is 6.92 Å². The van der Waals surface area contributed by atoms with Gasteiger partial charge in [0.1, 0.15) is 0 Å². The molecule has 0 spiro atoms. The molecule has 1 aliphatic rings. The first kappa shape index (κ1) is 9.61. The fraction of sp³-hybridized carbons (Fsp3) is 0.778. The minimum Gasteiger partial charge on any atom is -0.392 e. The minimum atomic E-state index is -0.210. The van der Waals surface area contributed by atoms with Crippen molar-refractivity contribution in [2.24, 2.45) is 0 Å². The van der Waals surface area contributed by atoms with E-state index in [1.54, 1.807) is 6.92 Å². The zero-order chi connectivity index (χ0) is 10.1. The summed E-state index contributed by atoms with van der Waals surface area (Å²) in [4.78, 5) is 6.29. The van der Waals surface area contributed by atoms with Gasteiger partial charge in [0, 0.05) is 19.5 Å². The van der Waals surface area contributed by atoms with E-state index in [4.69, 9.17) is 4.52 Å². The molecule has 1 aromatic heterocycles. The van der Waals surface area contributed by atoms with Crippen molar-refractivity contribution < 1.29 is 9.63 Å². The number of aliphatic hydroxyl groups excluding tert-OH is 1. The SMILES string of the molecule is Cc1nc(CN2CC(O)CC2C)no1. The van der Waals surface area contributed by atoms with Crippen LogP contribution in [0.2, 0.25) is 0 Å². The highest BCUT2D eigenvalue weighted by molar-refractivity contribution is 4.89. The van der Waals surface area contributed by atoms with Gasteiger partial charge >= 0.3 is 0 Å². The van der Waals surface area contributed by atoms with Crippen LogP contribution in [0.5, 0.6) is 0 Å². The quantitative estimate of drug-likeness (QED) is 0.740. The molecule has 1 aromatic rings. The van der Waals surface area contributed by atoms with Crippen molar-refractivity contribution in [2.75, 3.05) is 6.54 Å². The Morgan fingerprint density at radius 1 is 1.64 bits per heavy atom. The molecule has 0 aromatic carbocycles. The molecular weight excluding hydrogens is 182 g/mol. The maximum atomic E-state index is 9.45. The highest BCUT2D eigenvalue weighted by atomic mass is 16.5. The number of hydrogen-bond donors (Lipinski definition) is 1. The lowest BCUT2D eigenvalue weighted by Gasteiger charge is -2.17. The number of hydrogen-bond acceptors (Lipinski definition) is 5. The summed E-state index contributed by atoms with van der Waals surface area (Å²) in [6.07, 6.45) is 0.620. The van der Waals surface area contributed by atoms with E-state index in [2.05, 4.69) is 22.0 Å². The fourth-order valence-corrected chi connectivity index (χ4v) is 1.88. The second-order valence-electron chi connectivity index (χ2n) is 3.90. The number of nitrogens with zero attached hydrogens (tertiary/aromatic N) is 3. The molecule has 1 aliphatic heterocycles. The van der Waals surface area contributed by atoms with Gasteiger partial charge in [0.15, 0.2) is 5.82 Å². The molecule has 14 heavy (non-hydrogen) atoms. The highest BCUT2D eigenvalue weighted by Gasteiger charge is 2.28. The first-order chi connectivity index (χ1) is 6.65. The van der Waals surface area contributed by atoms with E-state index in [0.29, 0.717) is 30.8 Å². The maximum Gasteiger partial charge on any atom is 0.223 e. The molecule has 78 valence electrons. The van der Waals surface area contributed by atoms with Crippen LogP contribution >= 0.6 is 0 Å². The van der Waals surface area contributed by atoms with Gasteiger partial charge in [0.25, 0.3) is 0 Å². The van der Waals surface area contributed by atoms with E-state index in [1.807, 2.05) is 0 Å². The predicted molar refractivity (Wildman–Crippen MR) is 49.5 cm³/mol. The second-order valence-corrected chi connectivity index (χ2v) is 3.90. The van der Waals surface area contributed by atoms with Crippen molar-refractivity contribution in [3.05, 3.63) is 11.7 Å². The highest BCUT2D eigenvalue weighted by Crippen LogP contribution is 2.18. The van der Waals surface area contributed by atoms with Gasteiger partial charge < -0.3 is 9.63 Å². The summed E-state index contributed by atoms with van der Waals surface area (Å²) in [6, 6.07) is 0.392. The smallest absolute Gasteiger partial charge is 0.223 e. The molecule has 0 bridgehead atoms. The molecule has 0 aliphatic carbocycles. The van der Waals surface area contributed by atoms with E-state index >= 15 is 0 Å². The Labute approximate surface area is 82.7 Å². The monoisotopic (exact) mass is 197 g/mol. The van der Waals surface area contributed by atoms with Crippen LogP contribution in [-0.4, -0.2) is 38.8 Å². The first-order valence-electron chi connectivity index (χ1n) is 4.86. The fourth-order valence-electron chi connectivity index (χ4n) is 1.88. The summed E-state index contributed by atoms with van der Waals surface area (Å²) < 4.78 is 4.89.